The molecule has 0 atom stereocenters. The van der Waals surface area contributed by atoms with E-state index in [1.807, 2.05) is 43.4 Å². The number of carbonyl (C=O) groups is 1. The predicted molar refractivity (Wildman–Crippen MR) is 81.1 cm³/mol. The Bertz CT molecular complexity index is 617. The monoisotopic (exact) mass is 248 g/mol. The van der Waals surface area contributed by atoms with Gasteiger partial charge in [0.15, 0.2) is 0 Å². The molecule has 0 radical (unpaired) electrons. The molecule has 94 valence electrons. The first kappa shape index (κ1) is 13.0. The van der Waals surface area contributed by atoms with E-state index in [0.717, 1.165) is 11.9 Å². The molecule has 2 aliphatic carbocycles. The van der Waals surface area contributed by atoms with E-state index in [1.54, 1.807) is 6.08 Å². The molecule has 1 heteroatoms. The maximum Gasteiger partial charge on any atom is 0.143 e. The van der Waals surface area contributed by atoms with Crippen molar-refractivity contribution in [2.45, 2.75) is 6.92 Å². The fraction of sp³-hybridized carbons (Fsp3) is 0.0556. The van der Waals surface area contributed by atoms with Crippen LogP contribution in [0.15, 0.2) is 72.3 Å². The van der Waals surface area contributed by atoms with Gasteiger partial charge in [-0.2, -0.15) is 0 Å². The van der Waals surface area contributed by atoms with Crippen LogP contribution in [0.1, 0.15) is 12.5 Å². The van der Waals surface area contributed by atoms with Gasteiger partial charge in [0.1, 0.15) is 6.29 Å². The molecule has 19 heavy (non-hydrogen) atoms. The lowest BCUT2D eigenvalue weighted by atomic mass is 10.1. The summed E-state index contributed by atoms with van der Waals surface area (Å²) >= 11 is 0. The van der Waals surface area contributed by atoms with Crippen LogP contribution in [0.3, 0.4) is 0 Å². The molecular weight excluding hydrogens is 232 g/mol. The Balaban J connectivity index is 2.15. The van der Waals surface area contributed by atoms with Gasteiger partial charge < -0.3 is 0 Å². The van der Waals surface area contributed by atoms with Gasteiger partial charge in [0, 0.05) is 0 Å². The first-order chi connectivity index (χ1) is 9.31. The number of hydrogen-bond acceptors (Lipinski definition) is 1. The molecule has 0 saturated carbocycles. The van der Waals surface area contributed by atoms with E-state index >= 15 is 0 Å². The Labute approximate surface area is 113 Å². The minimum atomic E-state index is 0.800. The lowest BCUT2D eigenvalue weighted by Gasteiger charge is -1.94. The van der Waals surface area contributed by atoms with Gasteiger partial charge in [-0.1, -0.05) is 66.8 Å². The number of carbonyl (C=O) groups excluding carboxylic acids is 1. The fourth-order valence-corrected chi connectivity index (χ4v) is 1.91. The topological polar surface area (TPSA) is 17.1 Å². The summed E-state index contributed by atoms with van der Waals surface area (Å²) in [5.74, 6) is 0. The van der Waals surface area contributed by atoms with E-state index in [-0.39, 0.29) is 0 Å². The van der Waals surface area contributed by atoms with Crippen molar-refractivity contribution in [1.29, 1.82) is 0 Å². The maximum atomic E-state index is 10.3. The van der Waals surface area contributed by atoms with Crippen molar-refractivity contribution < 1.29 is 4.79 Å². The van der Waals surface area contributed by atoms with E-state index in [1.165, 1.54) is 16.7 Å². The van der Waals surface area contributed by atoms with Crippen LogP contribution in [0.4, 0.5) is 0 Å². The number of fused-ring (bicyclic) bond motifs is 1. The average Bonchev–Trinajstić information content (AvgIpc) is 2.63. The molecule has 1 nitrogen and oxygen atoms in total. The molecular formula is C18H16O. The smallest absolute Gasteiger partial charge is 0.143 e. The second-order valence-corrected chi connectivity index (χ2v) is 4.33. The second-order valence-electron chi connectivity index (χ2n) is 4.33. The van der Waals surface area contributed by atoms with E-state index in [2.05, 4.69) is 30.3 Å². The van der Waals surface area contributed by atoms with Gasteiger partial charge in [0.05, 0.1) is 0 Å². The highest BCUT2D eigenvalue weighted by atomic mass is 16.1. The average molecular weight is 248 g/mol. The first-order valence-corrected chi connectivity index (χ1v) is 6.26. The van der Waals surface area contributed by atoms with Crippen molar-refractivity contribution >= 4 is 12.4 Å². The highest BCUT2D eigenvalue weighted by Crippen LogP contribution is 2.27. The molecule has 0 unspecified atom stereocenters. The largest absolute Gasteiger partial charge is 0.299 e. The highest BCUT2D eigenvalue weighted by Gasteiger charge is 2.03. The maximum absolute atomic E-state index is 10.3. The summed E-state index contributed by atoms with van der Waals surface area (Å²) in [6.45, 7) is 1.90. The van der Waals surface area contributed by atoms with Gasteiger partial charge in [0.2, 0.25) is 0 Å². The van der Waals surface area contributed by atoms with Crippen molar-refractivity contribution in [3.05, 3.63) is 77.9 Å². The molecule has 0 N–H and O–H groups in total. The molecule has 0 aliphatic heterocycles. The first-order valence-electron chi connectivity index (χ1n) is 6.26. The summed E-state index contributed by atoms with van der Waals surface area (Å²) in [7, 11) is 0. The quantitative estimate of drug-likeness (QED) is 0.442. The van der Waals surface area contributed by atoms with Gasteiger partial charge >= 0.3 is 0 Å². The molecule has 0 fully saturated rings. The Kier molecular flexibility index (Phi) is 4.46. The third kappa shape index (κ3) is 3.52. The molecule has 0 amide bonds. The highest BCUT2D eigenvalue weighted by molar-refractivity contribution is 5.78. The third-order valence-corrected chi connectivity index (χ3v) is 2.90. The fourth-order valence-electron chi connectivity index (χ4n) is 1.91. The normalized spacial score (nSPS) is 12.6. The van der Waals surface area contributed by atoms with Crippen LogP contribution in [0.2, 0.25) is 0 Å². The minimum absolute atomic E-state index is 0.800. The number of rotatable bonds is 4. The lowest BCUT2D eigenvalue weighted by Crippen LogP contribution is -1.71. The Morgan fingerprint density at radius 2 is 1.84 bits per heavy atom. The summed E-state index contributed by atoms with van der Waals surface area (Å²) < 4.78 is 0. The molecule has 0 bridgehead atoms. The summed E-state index contributed by atoms with van der Waals surface area (Å²) in [6, 6.07) is 14.6. The zero-order valence-electron chi connectivity index (χ0n) is 10.9. The Hall–Kier alpha value is -2.41. The molecule has 2 aliphatic rings. The molecule has 0 heterocycles. The van der Waals surface area contributed by atoms with Gasteiger partial charge in [-0.05, 0) is 35.3 Å². The zero-order valence-corrected chi connectivity index (χ0v) is 10.9. The van der Waals surface area contributed by atoms with E-state index in [0.29, 0.717) is 0 Å². The van der Waals surface area contributed by atoms with E-state index in [9.17, 15) is 4.79 Å². The Morgan fingerprint density at radius 3 is 2.68 bits per heavy atom. The van der Waals surface area contributed by atoms with Gasteiger partial charge in [-0.3, -0.25) is 4.79 Å². The van der Waals surface area contributed by atoms with Gasteiger partial charge in [-0.25, -0.2) is 0 Å². The van der Waals surface area contributed by atoms with Crippen LogP contribution in [-0.4, -0.2) is 6.29 Å². The van der Waals surface area contributed by atoms with E-state index < -0.39 is 0 Å². The standard InChI is InChI=1S/C18H16O/c1-15(13-14-19)7-5-6-9-17-12-11-16-8-3-2-4-10-18(16)17/h2-14H,1H3/b7-5?,9-6?,15-13-. The van der Waals surface area contributed by atoms with Crippen molar-refractivity contribution in [2.24, 2.45) is 0 Å². The SMILES string of the molecule is C/C(C=CC=Cc1ccc2cccccc1-2)=C/C=O. The van der Waals surface area contributed by atoms with Crippen LogP contribution in [0, 0.1) is 0 Å². The van der Waals surface area contributed by atoms with Crippen molar-refractivity contribution in [3.63, 3.8) is 0 Å². The minimum Gasteiger partial charge on any atom is -0.299 e. The lowest BCUT2D eigenvalue weighted by molar-refractivity contribution is -0.104. The Morgan fingerprint density at radius 1 is 1.00 bits per heavy atom. The van der Waals surface area contributed by atoms with Crippen molar-refractivity contribution in [2.75, 3.05) is 0 Å². The predicted octanol–water partition coefficient (Wildman–Crippen LogP) is 4.51. The van der Waals surface area contributed by atoms with Crippen molar-refractivity contribution in [3.8, 4) is 11.1 Å². The van der Waals surface area contributed by atoms with Crippen LogP contribution < -0.4 is 0 Å². The van der Waals surface area contributed by atoms with Crippen LogP contribution in [0.25, 0.3) is 17.2 Å². The van der Waals surface area contributed by atoms with Crippen LogP contribution in [0.5, 0.6) is 0 Å². The van der Waals surface area contributed by atoms with Gasteiger partial charge in [-0.15, -0.1) is 0 Å². The summed E-state index contributed by atoms with van der Waals surface area (Å²) in [6.07, 6.45) is 10.3. The summed E-state index contributed by atoms with van der Waals surface area (Å²) in [5.41, 5.74) is 4.63. The molecule has 0 aromatic rings. The van der Waals surface area contributed by atoms with E-state index in [4.69, 9.17) is 0 Å². The van der Waals surface area contributed by atoms with Crippen molar-refractivity contribution in [1.82, 2.24) is 0 Å². The third-order valence-electron chi connectivity index (χ3n) is 2.90. The summed E-state index contributed by atoms with van der Waals surface area (Å²) in [4.78, 5) is 10.3. The van der Waals surface area contributed by atoms with Gasteiger partial charge in [0.25, 0.3) is 0 Å². The number of allylic oxidation sites excluding steroid dienone is 5. The summed E-state index contributed by atoms with van der Waals surface area (Å²) in [5, 5.41) is 0. The number of aldehydes is 1. The van der Waals surface area contributed by atoms with Crippen LogP contribution in [-0.2, 0) is 4.79 Å². The molecule has 0 spiro atoms. The molecule has 0 saturated heterocycles. The zero-order chi connectivity index (χ0) is 13.5. The second kappa shape index (κ2) is 6.50. The van der Waals surface area contributed by atoms with Crippen LogP contribution >= 0.6 is 0 Å². The molecule has 0 aromatic heterocycles. The molecule has 0 aromatic carbocycles. The molecule has 2 rings (SSSR count). The number of hydrogen-bond donors (Lipinski definition) is 0.